The van der Waals surface area contributed by atoms with Crippen molar-refractivity contribution in [2.75, 3.05) is 6.54 Å². The van der Waals surface area contributed by atoms with Crippen molar-refractivity contribution in [2.24, 2.45) is 5.73 Å². The highest BCUT2D eigenvalue weighted by atomic mass is 16.1. The number of aryl methyl sites for hydroxylation is 1. The van der Waals surface area contributed by atoms with Gasteiger partial charge in [0.15, 0.2) is 0 Å². The molecule has 21 heavy (non-hydrogen) atoms. The van der Waals surface area contributed by atoms with Crippen molar-refractivity contribution in [3.8, 4) is 0 Å². The Hall–Kier alpha value is -2.40. The van der Waals surface area contributed by atoms with Gasteiger partial charge >= 0.3 is 5.69 Å². The topological polar surface area (TPSA) is 76.7 Å². The van der Waals surface area contributed by atoms with Gasteiger partial charge < -0.3 is 10.7 Å². The normalized spacial score (nSPS) is 15.5. The summed E-state index contributed by atoms with van der Waals surface area (Å²) in [5.74, 6) is 0. The number of aromatic nitrogens is 3. The minimum atomic E-state index is -0.288. The molecular formula is C16H18N4O. The van der Waals surface area contributed by atoms with Crippen LogP contribution in [0.3, 0.4) is 0 Å². The first-order valence-corrected chi connectivity index (χ1v) is 6.95. The van der Waals surface area contributed by atoms with E-state index in [1.807, 2.05) is 44.3 Å². The standard InChI is InChI=1S/C16H18N4O/c1-10-6-14(5-3-4-12(10)8-17)20-9-13-7-11(2)18-15(13)19-16(20)21/h3,5-7,9H,4,8,17H2,1-2H3,(H,18,19,21). The summed E-state index contributed by atoms with van der Waals surface area (Å²) in [5.41, 5.74) is 10.2. The van der Waals surface area contributed by atoms with E-state index in [-0.39, 0.29) is 5.69 Å². The molecule has 0 unspecified atom stereocenters. The van der Waals surface area contributed by atoms with Gasteiger partial charge in [-0.2, -0.15) is 4.98 Å². The summed E-state index contributed by atoms with van der Waals surface area (Å²) in [4.78, 5) is 19.4. The second-order valence-corrected chi connectivity index (χ2v) is 5.32. The van der Waals surface area contributed by atoms with E-state index in [1.165, 1.54) is 5.57 Å². The number of aromatic amines is 1. The van der Waals surface area contributed by atoms with Crippen LogP contribution in [0.1, 0.15) is 19.0 Å². The molecule has 1 aliphatic carbocycles. The molecule has 0 aromatic carbocycles. The highest BCUT2D eigenvalue weighted by Crippen LogP contribution is 2.20. The minimum absolute atomic E-state index is 0.288. The molecule has 0 fully saturated rings. The van der Waals surface area contributed by atoms with Crippen LogP contribution < -0.4 is 11.4 Å². The molecule has 0 bridgehead atoms. The van der Waals surface area contributed by atoms with Gasteiger partial charge in [-0.05, 0) is 49.6 Å². The predicted octanol–water partition coefficient (Wildman–Crippen LogP) is 2.11. The van der Waals surface area contributed by atoms with E-state index in [2.05, 4.69) is 9.97 Å². The predicted molar refractivity (Wildman–Crippen MR) is 84.9 cm³/mol. The van der Waals surface area contributed by atoms with Crippen molar-refractivity contribution >= 4 is 16.7 Å². The maximum absolute atomic E-state index is 12.2. The molecule has 0 atom stereocenters. The van der Waals surface area contributed by atoms with Gasteiger partial charge in [-0.25, -0.2) is 4.79 Å². The van der Waals surface area contributed by atoms with Crippen molar-refractivity contribution in [1.29, 1.82) is 0 Å². The molecule has 0 saturated heterocycles. The van der Waals surface area contributed by atoms with E-state index < -0.39 is 0 Å². The highest BCUT2D eigenvalue weighted by Gasteiger charge is 2.09. The molecule has 2 aromatic heterocycles. The van der Waals surface area contributed by atoms with Crippen LogP contribution in [0.4, 0.5) is 0 Å². The molecule has 2 heterocycles. The van der Waals surface area contributed by atoms with Crippen LogP contribution in [-0.2, 0) is 0 Å². The monoisotopic (exact) mass is 282 g/mol. The molecule has 1 aliphatic rings. The summed E-state index contributed by atoms with van der Waals surface area (Å²) >= 11 is 0. The van der Waals surface area contributed by atoms with Crippen LogP contribution in [0.2, 0.25) is 0 Å². The number of nitrogens with two attached hydrogens (primary N) is 1. The zero-order valence-corrected chi connectivity index (χ0v) is 12.2. The van der Waals surface area contributed by atoms with Crippen LogP contribution in [0, 0.1) is 6.92 Å². The fourth-order valence-corrected chi connectivity index (χ4v) is 2.57. The highest BCUT2D eigenvalue weighted by molar-refractivity contribution is 5.77. The molecule has 3 N–H and O–H groups in total. The Labute approximate surface area is 122 Å². The fraction of sp³-hybridized carbons (Fsp3) is 0.250. The second kappa shape index (κ2) is 5.18. The van der Waals surface area contributed by atoms with Gasteiger partial charge in [0.1, 0.15) is 5.65 Å². The molecule has 3 rings (SSSR count). The first-order chi connectivity index (χ1) is 10.1. The van der Waals surface area contributed by atoms with Crippen molar-refractivity contribution in [3.63, 3.8) is 0 Å². The van der Waals surface area contributed by atoms with E-state index in [0.29, 0.717) is 12.2 Å². The van der Waals surface area contributed by atoms with Gasteiger partial charge in [0.2, 0.25) is 0 Å². The fourth-order valence-electron chi connectivity index (χ4n) is 2.57. The molecule has 108 valence electrons. The molecule has 2 aromatic rings. The quantitative estimate of drug-likeness (QED) is 0.885. The third-order valence-corrected chi connectivity index (χ3v) is 3.74. The Morgan fingerprint density at radius 2 is 2.24 bits per heavy atom. The maximum atomic E-state index is 12.2. The lowest BCUT2D eigenvalue weighted by atomic mass is 10.1. The molecule has 0 aliphatic heterocycles. The van der Waals surface area contributed by atoms with E-state index in [4.69, 9.17) is 5.73 Å². The van der Waals surface area contributed by atoms with Crippen LogP contribution in [-0.4, -0.2) is 21.1 Å². The number of nitrogens with one attached hydrogen (secondary N) is 1. The number of hydrogen-bond donors (Lipinski definition) is 2. The van der Waals surface area contributed by atoms with E-state index in [9.17, 15) is 4.79 Å². The van der Waals surface area contributed by atoms with Gasteiger partial charge in [-0.15, -0.1) is 0 Å². The van der Waals surface area contributed by atoms with Crippen molar-refractivity contribution in [3.05, 3.63) is 57.8 Å². The first-order valence-electron chi connectivity index (χ1n) is 6.95. The molecule has 0 amide bonds. The SMILES string of the molecule is CC1=C(CN)CC=CC(n2cc3cc(C)[nH]c3nc2=O)=C1. The van der Waals surface area contributed by atoms with Gasteiger partial charge in [-0.1, -0.05) is 6.08 Å². The number of rotatable bonds is 2. The summed E-state index contributed by atoms with van der Waals surface area (Å²) in [5, 5.41) is 0.923. The Morgan fingerprint density at radius 1 is 1.43 bits per heavy atom. The number of H-pyrrole nitrogens is 1. The molecule has 5 nitrogen and oxygen atoms in total. The molecular weight excluding hydrogens is 264 g/mol. The van der Waals surface area contributed by atoms with Crippen LogP contribution in [0.15, 0.2) is 46.4 Å². The molecule has 0 radical (unpaired) electrons. The van der Waals surface area contributed by atoms with Gasteiger partial charge in [0.05, 0.1) is 5.70 Å². The Morgan fingerprint density at radius 3 is 3.00 bits per heavy atom. The minimum Gasteiger partial charge on any atom is -0.343 e. The van der Waals surface area contributed by atoms with Crippen molar-refractivity contribution in [1.82, 2.24) is 14.5 Å². The summed E-state index contributed by atoms with van der Waals surface area (Å²) in [7, 11) is 0. The average molecular weight is 282 g/mol. The zero-order valence-electron chi connectivity index (χ0n) is 12.2. The Balaban J connectivity index is 2.18. The summed E-state index contributed by atoms with van der Waals surface area (Å²) in [6.07, 6.45) is 8.60. The molecule has 0 spiro atoms. The largest absolute Gasteiger partial charge is 0.354 e. The number of allylic oxidation sites excluding steroid dienone is 5. The van der Waals surface area contributed by atoms with Crippen LogP contribution >= 0.6 is 0 Å². The maximum Gasteiger partial charge on any atom is 0.354 e. The Kier molecular flexibility index (Phi) is 3.35. The van der Waals surface area contributed by atoms with Crippen molar-refractivity contribution < 1.29 is 0 Å². The first kappa shape index (κ1) is 13.6. The Bertz CT molecular complexity index is 849. The zero-order chi connectivity index (χ0) is 15.0. The van der Waals surface area contributed by atoms with Gasteiger partial charge in [-0.3, -0.25) is 4.57 Å². The third-order valence-electron chi connectivity index (χ3n) is 3.74. The van der Waals surface area contributed by atoms with Gasteiger partial charge in [0.25, 0.3) is 0 Å². The van der Waals surface area contributed by atoms with Crippen LogP contribution in [0.25, 0.3) is 16.7 Å². The van der Waals surface area contributed by atoms with Gasteiger partial charge in [0, 0.05) is 23.8 Å². The van der Waals surface area contributed by atoms with E-state index in [1.54, 1.807) is 4.57 Å². The lowest BCUT2D eigenvalue weighted by Gasteiger charge is -2.06. The average Bonchev–Trinajstić information content (AvgIpc) is 2.68. The van der Waals surface area contributed by atoms with Crippen molar-refractivity contribution in [2.45, 2.75) is 20.3 Å². The second-order valence-electron chi connectivity index (χ2n) is 5.32. The van der Waals surface area contributed by atoms with Crippen LogP contribution in [0.5, 0.6) is 0 Å². The number of fused-ring (bicyclic) bond motifs is 1. The number of hydrogen-bond acceptors (Lipinski definition) is 3. The lowest BCUT2D eigenvalue weighted by molar-refractivity contribution is 0.961. The van der Waals surface area contributed by atoms with E-state index >= 15 is 0 Å². The molecule has 0 saturated carbocycles. The smallest absolute Gasteiger partial charge is 0.343 e. The summed E-state index contributed by atoms with van der Waals surface area (Å²) in [6, 6.07) is 1.98. The lowest BCUT2D eigenvalue weighted by Crippen LogP contribution is -2.21. The van der Waals surface area contributed by atoms with E-state index in [0.717, 1.165) is 28.8 Å². The summed E-state index contributed by atoms with van der Waals surface area (Å²) < 4.78 is 1.58. The number of nitrogens with zero attached hydrogens (tertiary/aromatic N) is 2. The molecule has 5 heteroatoms. The third kappa shape index (κ3) is 2.48. The summed E-state index contributed by atoms with van der Waals surface area (Å²) in [6.45, 7) is 4.50.